The maximum Gasteiger partial charge on any atom is 0.303 e. The molecule has 1 atom stereocenters. The second-order valence-electron chi connectivity index (χ2n) is 1.52. The number of halogens is 1. The number of hydrogen-bond donors (Lipinski definition) is 2. The molecule has 4 nitrogen and oxygen atoms in total. The van der Waals surface area contributed by atoms with Gasteiger partial charge >= 0.3 is 11.4 Å². The van der Waals surface area contributed by atoms with Crippen LogP contribution in [-0.4, -0.2) is 27.4 Å². The second-order valence-corrected chi connectivity index (χ2v) is 2.98. The number of hydrogen-bond acceptors (Lipinski definition) is 3. The van der Waals surface area contributed by atoms with Gasteiger partial charge in [0.1, 0.15) is 6.73 Å². The lowest BCUT2D eigenvalue weighted by molar-refractivity contribution is 0.279. The Morgan fingerprint density at radius 3 is 2.90 bits per heavy atom. The topological polar surface area (TPSA) is 58.6 Å². The first-order valence-corrected chi connectivity index (χ1v) is 4.93. The van der Waals surface area contributed by atoms with Crippen LogP contribution in [0, 0.1) is 0 Å². The fraction of sp³-hybridized carbons (Fsp3) is 1.00. The monoisotopic (exact) mass is 231 g/mol. The van der Waals surface area contributed by atoms with E-state index in [0.717, 1.165) is 18.3 Å². The van der Waals surface area contributed by atoms with Gasteiger partial charge in [-0.15, -0.1) is 0 Å². The van der Waals surface area contributed by atoms with E-state index >= 15 is 0 Å². The lowest BCUT2D eigenvalue weighted by Gasteiger charge is -1.99. The van der Waals surface area contributed by atoms with E-state index in [1.165, 1.54) is 0 Å². The maximum atomic E-state index is 9.87. The van der Waals surface area contributed by atoms with Crippen molar-refractivity contribution in [1.29, 1.82) is 0 Å². The standard InChI is InChI=1S/C4H10BrNO3S/c5-2-1-3-6-4-9-10(7)8/h6H,1-4H2,(H,7,8). The Bertz CT molecular complexity index is 103. The highest BCUT2D eigenvalue weighted by Gasteiger charge is 1.90. The number of rotatable bonds is 6. The van der Waals surface area contributed by atoms with Gasteiger partial charge in [-0.2, -0.15) is 4.21 Å². The van der Waals surface area contributed by atoms with Crippen molar-refractivity contribution in [3.8, 4) is 0 Å². The van der Waals surface area contributed by atoms with Gasteiger partial charge in [0.15, 0.2) is 0 Å². The molecule has 6 heteroatoms. The van der Waals surface area contributed by atoms with Crippen molar-refractivity contribution in [3.63, 3.8) is 0 Å². The predicted octanol–water partition coefficient (Wildman–Crippen LogP) is 0.472. The molecule has 0 rings (SSSR count). The summed E-state index contributed by atoms with van der Waals surface area (Å²) < 4.78 is 22.3. The SMILES string of the molecule is O=S(O)OCNCCCBr. The molecule has 2 N–H and O–H groups in total. The lowest BCUT2D eigenvalue weighted by atomic mass is 10.5. The molecule has 0 heterocycles. The third-order valence-corrected chi connectivity index (χ3v) is 1.63. The third-order valence-electron chi connectivity index (χ3n) is 0.749. The summed E-state index contributed by atoms with van der Waals surface area (Å²) in [4.78, 5) is 0. The molecule has 0 spiro atoms. The minimum Gasteiger partial charge on any atom is -0.293 e. The minimum absolute atomic E-state index is 0.121. The summed E-state index contributed by atoms with van der Waals surface area (Å²) in [5.41, 5.74) is 0. The van der Waals surface area contributed by atoms with Crippen LogP contribution in [0.15, 0.2) is 0 Å². The zero-order valence-electron chi connectivity index (χ0n) is 5.38. The van der Waals surface area contributed by atoms with Gasteiger partial charge in [-0.1, -0.05) is 15.9 Å². The molecule has 0 fully saturated rings. The van der Waals surface area contributed by atoms with E-state index in [2.05, 4.69) is 25.4 Å². The zero-order chi connectivity index (χ0) is 7.82. The van der Waals surface area contributed by atoms with E-state index < -0.39 is 11.4 Å². The molecule has 10 heavy (non-hydrogen) atoms. The normalized spacial score (nSPS) is 13.4. The Hall–Kier alpha value is 0.510. The van der Waals surface area contributed by atoms with Gasteiger partial charge < -0.3 is 0 Å². The minimum atomic E-state index is -2.15. The van der Waals surface area contributed by atoms with Crippen LogP contribution in [0.1, 0.15) is 6.42 Å². The summed E-state index contributed by atoms with van der Waals surface area (Å²) in [6.07, 6.45) is 0.974. The molecule has 0 bridgehead atoms. The summed E-state index contributed by atoms with van der Waals surface area (Å²) in [6.45, 7) is 0.901. The largest absolute Gasteiger partial charge is 0.303 e. The number of alkyl halides is 1. The summed E-state index contributed by atoms with van der Waals surface area (Å²) in [7, 11) is 0. The highest BCUT2D eigenvalue weighted by molar-refractivity contribution is 9.09. The van der Waals surface area contributed by atoms with Crippen LogP contribution in [0.2, 0.25) is 0 Å². The summed E-state index contributed by atoms with van der Waals surface area (Å²) in [5, 5.41) is 3.73. The van der Waals surface area contributed by atoms with Crippen LogP contribution in [0.25, 0.3) is 0 Å². The molecule has 0 radical (unpaired) electrons. The fourth-order valence-corrected chi connectivity index (χ4v) is 0.821. The van der Waals surface area contributed by atoms with Gasteiger partial charge in [0.05, 0.1) is 0 Å². The Morgan fingerprint density at radius 1 is 1.70 bits per heavy atom. The molecule has 0 amide bonds. The lowest BCUT2D eigenvalue weighted by Crippen LogP contribution is -2.19. The molecule has 0 saturated heterocycles. The first-order chi connectivity index (χ1) is 4.77. The van der Waals surface area contributed by atoms with Gasteiger partial charge in [-0.05, 0) is 13.0 Å². The van der Waals surface area contributed by atoms with Crippen molar-refractivity contribution in [1.82, 2.24) is 5.32 Å². The van der Waals surface area contributed by atoms with Crippen molar-refractivity contribution in [2.45, 2.75) is 6.42 Å². The summed E-state index contributed by atoms with van der Waals surface area (Å²) >= 11 is 1.10. The van der Waals surface area contributed by atoms with Crippen LogP contribution >= 0.6 is 15.9 Å². The summed E-state index contributed by atoms with van der Waals surface area (Å²) in [5.74, 6) is 0. The van der Waals surface area contributed by atoms with Crippen LogP contribution < -0.4 is 5.32 Å². The average molecular weight is 232 g/mol. The van der Waals surface area contributed by atoms with E-state index in [1.54, 1.807) is 0 Å². The van der Waals surface area contributed by atoms with Crippen LogP contribution in [0.4, 0.5) is 0 Å². The average Bonchev–Trinajstić information content (AvgIpc) is 1.87. The third kappa shape index (κ3) is 8.51. The zero-order valence-corrected chi connectivity index (χ0v) is 7.78. The Morgan fingerprint density at radius 2 is 2.40 bits per heavy atom. The van der Waals surface area contributed by atoms with Gasteiger partial charge in [0.25, 0.3) is 0 Å². The summed E-state index contributed by atoms with van der Waals surface area (Å²) in [6, 6.07) is 0. The van der Waals surface area contributed by atoms with Crippen LogP contribution in [0.5, 0.6) is 0 Å². The van der Waals surface area contributed by atoms with Crippen LogP contribution in [-0.2, 0) is 15.5 Å². The highest BCUT2D eigenvalue weighted by atomic mass is 79.9. The van der Waals surface area contributed by atoms with Gasteiger partial charge in [-0.25, -0.2) is 0 Å². The van der Waals surface area contributed by atoms with Gasteiger partial charge in [-0.3, -0.25) is 14.1 Å². The van der Waals surface area contributed by atoms with E-state index in [9.17, 15) is 4.21 Å². The smallest absolute Gasteiger partial charge is 0.293 e. The van der Waals surface area contributed by atoms with E-state index in [0.29, 0.717) is 0 Å². The Labute approximate surface area is 71.0 Å². The van der Waals surface area contributed by atoms with E-state index in [4.69, 9.17) is 4.55 Å². The van der Waals surface area contributed by atoms with Gasteiger partial charge in [0.2, 0.25) is 0 Å². The molecule has 0 aliphatic carbocycles. The fourth-order valence-electron chi connectivity index (χ4n) is 0.356. The molecule has 0 aliphatic heterocycles. The highest BCUT2D eigenvalue weighted by Crippen LogP contribution is 1.84. The Kier molecular flexibility index (Phi) is 8.00. The molecule has 1 unspecified atom stereocenters. The molecular formula is C4H10BrNO3S. The van der Waals surface area contributed by atoms with Crippen molar-refractivity contribution < 1.29 is 12.9 Å². The quantitative estimate of drug-likeness (QED) is 0.302. The molecule has 0 aliphatic rings. The molecule has 62 valence electrons. The van der Waals surface area contributed by atoms with Crippen LogP contribution in [0.3, 0.4) is 0 Å². The van der Waals surface area contributed by atoms with Crippen molar-refractivity contribution >= 4 is 27.3 Å². The van der Waals surface area contributed by atoms with Crippen molar-refractivity contribution in [2.75, 3.05) is 18.6 Å². The first-order valence-electron chi connectivity index (χ1n) is 2.78. The van der Waals surface area contributed by atoms with Crippen molar-refractivity contribution in [2.24, 2.45) is 0 Å². The molecule has 0 aromatic rings. The van der Waals surface area contributed by atoms with E-state index in [1.807, 2.05) is 0 Å². The maximum absolute atomic E-state index is 9.87. The van der Waals surface area contributed by atoms with Crippen molar-refractivity contribution in [3.05, 3.63) is 0 Å². The van der Waals surface area contributed by atoms with Gasteiger partial charge in [0, 0.05) is 5.33 Å². The van der Waals surface area contributed by atoms with E-state index in [-0.39, 0.29) is 6.73 Å². The second kappa shape index (κ2) is 7.62. The predicted molar refractivity (Wildman–Crippen MR) is 43.1 cm³/mol. The first kappa shape index (κ1) is 10.5. The molecule has 0 saturated carbocycles. The molecular weight excluding hydrogens is 222 g/mol. The molecule has 0 aromatic carbocycles. The number of nitrogens with one attached hydrogen (secondary N) is 1. The molecule has 0 aromatic heterocycles. The Balaban J connectivity index is 2.84.